The Hall–Kier alpha value is -2.15. The Kier molecular flexibility index (Phi) is 3.88. The molecule has 2 aromatic heterocycles. The molecule has 2 saturated carbocycles. The lowest BCUT2D eigenvalue weighted by Crippen LogP contribution is -2.27. The fourth-order valence-electron chi connectivity index (χ4n) is 3.35. The summed E-state index contributed by atoms with van der Waals surface area (Å²) in [5, 5.41) is 21.7. The van der Waals surface area contributed by atoms with Crippen LogP contribution in [-0.4, -0.2) is 37.1 Å². The van der Waals surface area contributed by atoms with Gasteiger partial charge in [-0.05, 0) is 37.8 Å². The van der Waals surface area contributed by atoms with Gasteiger partial charge < -0.3 is 10.4 Å². The first-order valence-electron chi connectivity index (χ1n) is 8.13. The molecule has 2 N–H and O–H groups in total. The molecule has 0 amide bonds. The molecular formula is C16H18ClN5O2. The molecule has 1 unspecified atom stereocenters. The minimum atomic E-state index is -0.779. The summed E-state index contributed by atoms with van der Waals surface area (Å²) in [6, 6.07) is 3.34. The van der Waals surface area contributed by atoms with Crippen LogP contribution in [0.1, 0.15) is 43.3 Å². The Bertz CT molecular complexity index is 760. The summed E-state index contributed by atoms with van der Waals surface area (Å²) in [6.45, 7) is 0. The largest absolute Gasteiger partial charge is 0.481 e. The van der Waals surface area contributed by atoms with Crippen LogP contribution in [0.25, 0.3) is 0 Å². The van der Waals surface area contributed by atoms with E-state index >= 15 is 0 Å². The van der Waals surface area contributed by atoms with E-state index in [0.29, 0.717) is 29.6 Å². The summed E-state index contributed by atoms with van der Waals surface area (Å²) in [4.78, 5) is 15.7. The number of hydrogen-bond donors (Lipinski definition) is 2. The highest BCUT2D eigenvalue weighted by molar-refractivity contribution is 6.32. The molecule has 2 fully saturated rings. The number of aromatic nitrogens is 4. The van der Waals surface area contributed by atoms with E-state index in [9.17, 15) is 9.90 Å². The average molecular weight is 348 g/mol. The van der Waals surface area contributed by atoms with Crippen LogP contribution in [0, 0.1) is 5.92 Å². The second kappa shape index (κ2) is 6.05. The third-order valence-corrected chi connectivity index (χ3v) is 5.13. The van der Waals surface area contributed by atoms with Crippen molar-refractivity contribution in [3.8, 4) is 0 Å². The van der Waals surface area contributed by atoms with Gasteiger partial charge >= 0.3 is 5.97 Å². The van der Waals surface area contributed by atoms with Crippen LogP contribution >= 0.6 is 11.6 Å². The number of halogens is 1. The van der Waals surface area contributed by atoms with Crippen molar-refractivity contribution in [3.63, 3.8) is 0 Å². The van der Waals surface area contributed by atoms with Crippen LogP contribution in [0.3, 0.4) is 0 Å². The molecular weight excluding hydrogens is 330 g/mol. The number of anilines is 1. The summed E-state index contributed by atoms with van der Waals surface area (Å²) in [7, 11) is 0. The molecule has 0 aromatic carbocycles. The van der Waals surface area contributed by atoms with Crippen molar-refractivity contribution in [2.45, 2.75) is 43.7 Å². The van der Waals surface area contributed by atoms with Gasteiger partial charge in [0.1, 0.15) is 5.82 Å². The van der Waals surface area contributed by atoms with Crippen LogP contribution in [0.4, 0.5) is 5.82 Å². The highest BCUT2D eigenvalue weighted by Crippen LogP contribution is 2.41. The highest BCUT2D eigenvalue weighted by Gasteiger charge is 2.40. The molecule has 2 aliphatic rings. The molecule has 0 aliphatic heterocycles. The van der Waals surface area contributed by atoms with E-state index in [-0.39, 0.29) is 12.1 Å². The fraction of sp³-hybridized carbons (Fsp3) is 0.500. The molecule has 7 nitrogen and oxygen atoms in total. The molecule has 0 spiro atoms. The standard InChI is InChI=1S/C16H18ClN5O2/c17-11-2-1-5-18-15(11)19-12-6-10(16(23)24)7-14(12)22-8-13(20-21-22)9-3-4-9/h1-2,5,8-10,12,14H,3-4,6-7H2,(H,18,19)(H,23,24)/t10?,12-,14+/m1/s1. The zero-order valence-corrected chi connectivity index (χ0v) is 13.7. The number of aliphatic carboxylic acids is 1. The van der Waals surface area contributed by atoms with Crippen molar-refractivity contribution in [1.82, 2.24) is 20.0 Å². The predicted octanol–water partition coefficient (Wildman–Crippen LogP) is 2.72. The molecule has 3 atom stereocenters. The molecule has 0 bridgehead atoms. The maximum Gasteiger partial charge on any atom is 0.306 e. The number of hydrogen-bond acceptors (Lipinski definition) is 5. The van der Waals surface area contributed by atoms with Gasteiger partial charge in [0, 0.05) is 18.3 Å². The van der Waals surface area contributed by atoms with Gasteiger partial charge in [-0.3, -0.25) is 4.79 Å². The molecule has 2 aliphatic carbocycles. The number of nitrogens with one attached hydrogen (secondary N) is 1. The maximum absolute atomic E-state index is 11.5. The second-order valence-electron chi connectivity index (χ2n) is 6.56. The van der Waals surface area contributed by atoms with Crippen LogP contribution in [0.5, 0.6) is 0 Å². The summed E-state index contributed by atoms with van der Waals surface area (Å²) in [5.74, 6) is -0.0997. The van der Waals surface area contributed by atoms with E-state index in [1.165, 1.54) is 0 Å². The number of carboxylic acid groups (broad SMARTS) is 1. The smallest absolute Gasteiger partial charge is 0.306 e. The van der Waals surface area contributed by atoms with Gasteiger partial charge in [-0.1, -0.05) is 16.8 Å². The average Bonchev–Trinajstić information content (AvgIpc) is 3.14. The van der Waals surface area contributed by atoms with Gasteiger partial charge in [-0.2, -0.15) is 0 Å². The van der Waals surface area contributed by atoms with E-state index in [1.54, 1.807) is 18.3 Å². The number of carboxylic acids is 1. The first-order valence-corrected chi connectivity index (χ1v) is 8.51. The van der Waals surface area contributed by atoms with Crippen molar-refractivity contribution >= 4 is 23.4 Å². The Morgan fingerprint density at radius 2 is 2.21 bits per heavy atom. The first kappa shape index (κ1) is 15.4. The molecule has 2 aromatic rings. The predicted molar refractivity (Wildman–Crippen MR) is 88.1 cm³/mol. The topological polar surface area (TPSA) is 92.9 Å². The zero-order valence-electron chi connectivity index (χ0n) is 13.0. The number of rotatable bonds is 5. The number of carbonyl (C=O) groups is 1. The summed E-state index contributed by atoms with van der Waals surface area (Å²) >= 11 is 6.17. The van der Waals surface area contributed by atoms with E-state index in [0.717, 1.165) is 18.5 Å². The molecule has 8 heteroatoms. The Labute approximate surface area is 144 Å². The minimum Gasteiger partial charge on any atom is -0.481 e. The van der Waals surface area contributed by atoms with Crippen molar-refractivity contribution in [1.29, 1.82) is 0 Å². The van der Waals surface area contributed by atoms with Crippen LogP contribution in [0.15, 0.2) is 24.5 Å². The second-order valence-corrected chi connectivity index (χ2v) is 6.96. The van der Waals surface area contributed by atoms with Gasteiger partial charge in [0.05, 0.1) is 28.7 Å². The number of nitrogens with zero attached hydrogens (tertiary/aromatic N) is 4. The lowest BCUT2D eigenvalue weighted by atomic mass is 10.1. The molecule has 0 saturated heterocycles. The molecule has 126 valence electrons. The molecule has 2 heterocycles. The SMILES string of the molecule is O=C(O)C1C[C@@H](Nc2ncccc2Cl)[C@@H](n2cc(C3CC3)nn2)C1. The third kappa shape index (κ3) is 2.96. The molecule has 4 rings (SSSR count). The summed E-state index contributed by atoms with van der Waals surface area (Å²) in [5.41, 5.74) is 1.00. The van der Waals surface area contributed by atoms with E-state index in [2.05, 4.69) is 20.6 Å². The van der Waals surface area contributed by atoms with E-state index in [1.807, 2.05) is 10.9 Å². The lowest BCUT2D eigenvalue weighted by Gasteiger charge is -2.21. The van der Waals surface area contributed by atoms with Gasteiger partial charge in [-0.15, -0.1) is 5.10 Å². The Balaban J connectivity index is 1.58. The van der Waals surface area contributed by atoms with Crippen molar-refractivity contribution in [2.75, 3.05) is 5.32 Å². The molecule has 0 radical (unpaired) electrons. The first-order chi connectivity index (χ1) is 11.6. The summed E-state index contributed by atoms with van der Waals surface area (Å²) in [6.07, 6.45) is 6.96. The van der Waals surface area contributed by atoms with Crippen LogP contribution in [-0.2, 0) is 4.79 Å². The Morgan fingerprint density at radius 3 is 2.92 bits per heavy atom. The zero-order chi connectivity index (χ0) is 16.7. The van der Waals surface area contributed by atoms with E-state index < -0.39 is 11.9 Å². The van der Waals surface area contributed by atoms with Crippen molar-refractivity contribution in [2.24, 2.45) is 5.92 Å². The quantitative estimate of drug-likeness (QED) is 0.863. The van der Waals surface area contributed by atoms with Crippen LogP contribution < -0.4 is 5.32 Å². The van der Waals surface area contributed by atoms with Crippen molar-refractivity contribution in [3.05, 3.63) is 35.2 Å². The monoisotopic (exact) mass is 347 g/mol. The number of pyridine rings is 1. The van der Waals surface area contributed by atoms with Gasteiger partial charge in [0.2, 0.25) is 0 Å². The fourth-order valence-corrected chi connectivity index (χ4v) is 3.53. The van der Waals surface area contributed by atoms with E-state index in [4.69, 9.17) is 11.6 Å². The highest BCUT2D eigenvalue weighted by atomic mass is 35.5. The Morgan fingerprint density at radius 1 is 1.38 bits per heavy atom. The van der Waals surface area contributed by atoms with Gasteiger partial charge in [-0.25, -0.2) is 9.67 Å². The minimum absolute atomic E-state index is 0.0795. The normalized spacial score (nSPS) is 26.5. The maximum atomic E-state index is 11.5. The van der Waals surface area contributed by atoms with Crippen molar-refractivity contribution < 1.29 is 9.90 Å². The molecule has 24 heavy (non-hydrogen) atoms. The lowest BCUT2D eigenvalue weighted by molar-refractivity contribution is -0.141. The van der Waals surface area contributed by atoms with Gasteiger partial charge in [0.25, 0.3) is 0 Å². The van der Waals surface area contributed by atoms with Crippen LogP contribution in [0.2, 0.25) is 5.02 Å². The van der Waals surface area contributed by atoms with Gasteiger partial charge in [0.15, 0.2) is 0 Å². The third-order valence-electron chi connectivity index (χ3n) is 4.82. The summed E-state index contributed by atoms with van der Waals surface area (Å²) < 4.78 is 1.81.